The third kappa shape index (κ3) is 264. The molecule has 5 heteroatoms. The summed E-state index contributed by atoms with van der Waals surface area (Å²) in [6, 6.07) is 0. The van der Waals surface area contributed by atoms with Crippen LogP contribution in [0.5, 0.6) is 0 Å². The van der Waals surface area contributed by atoms with E-state index >= 15 is 0 Å². The van der Waals surface area contributed by atoms with E-state index in [4.69, 9.17) is 0 Å². The zero-order chi connectivity index (χ0) is 11.3. The van der Waals surface area contributed by atoms with Crippen LogP contribution in [0.2, 0.25) is 0 Å². The number of nitrogens with zero attached hydrogens (tertiary/aromatic N) is 1. The fourth-order valence-corrected chi connectivity index (χ4v) is 0.224. The maximum Gasteiger partial charge on any atom is 0.126 e. The molecular formula is C9H26N4O. The highest BCUT2D eigenvalue weighted by atomic mass is 16.1. The zero-order valence-corrected chi connectivity index (χ0v) is 9.43. The maximum atomic E-state index is 9.44. The van der Waals surface area contributed by atoms with Gasteiger partial charge in [-0.05, 0) is 34.7 Å². The number of carbonyl (C=O) groups is 1. The van der Waals surface area contributed by atoms with Crippen molar-refractivity contribution in [2.24, 2.45) is 10.9 Å². The SMILES string of the molecule is C.CC(C)=O.CNN.CNN=C(C)C. The van der Waals surface area contributed by atoms with Crippen LogP contribution >= 0.6 is 0 Å². The minimum Gasteiger partial charge on any atom is -0.313 e. The van der Waals surface area contributed by atoms with Crippen LogP contribution in [-0.4, -0.2) is 25.6 Å². The first-order valence-electron chi connectivity index (χ1n) is 3.94. The lowest BCUT2D eigenvalue weighted by atomic mass is 10.5. The van der Waals surface area contributed by atoms with Gasteiger partial charge >= 0.3 is 0 Å². The second-order valence-electron chi connectivity index (χ2n) is 2.48. The molecule has 0 heterocycles. The van der Waals surface area contributed by atoms with E-state index < -0.39 is 0 Å². The summed E-state index contributed by atoms with van der Waals surface area (Å²) < 4.78 is 0. The molecule has 4 N–H and O–H groups in total. The summed E-state index contributed by atoms with van der Waals surface area (Å²) in [5.74, 6) is 4.76. The number of ketones is 1. The molecule has 0 unspecified atom stereocenters. The summed E-state index contributed by atoms with van der Waals surface area (Å²) in [5.41, 5.74) is 5.96. The molecule has 0 saturated carbocycles. The van der Waals surface area contributed by atoms with Gasteiger partial charge in [-0.25, -0.2) is 0 Å². The summed E-state index contributed by atoms with van der Waals surface area (Å²) in [4.78, 5) is 9.44. The molecule has 0 amide bonds. The topological polar surface area (TPSA) is 79.5 Å². The van der Waals surface area contributed by atoms with Crippen molar-refractivity contribution in [3.63, 3.8) is 0 Å². The Bertz CT molecular complexity index is 127. The number of Topliss-reactive ketones (excluding diaryl/α,β-unsaturated/α-hetero) is 1. The van der Waals surface area contributed by atoms with E-state index in [0.717, 1.165) is 5.71 Å². The van der Waals surface area contributed by atoms with Crippen LogP contribution in [-0.2, 0) is 4.79 Å². The van der Waals surface area contributed by atoms with Crippen molar-refractivity contribution in [1.29, 1.82) is 0 Å². The summed E-state index contributed by atoms with van der Waals surface area (Å²) >= 11 is 0. The molecule has 14 heavy (non-hydrogen) atoms. The zero-order valence-electron chi connectivity index (χ0n) is 9.43. The predicted molar refractivity (Wildman–Crippen MR) is 64.2 cm³/mol. The number of hydrazone groups is 1. The van der Waals surface area contributed by atoms with Crippen molar-refractivity contribution < 1.29 is 4.79 Å². The maximum absolute atomic E-state index is 9.44. The average molecular weight is 206 g/mol. The Kier molecular flexibility index (Phi) is 37.5. The van der Waals surface area contributed by atoms with Gasteiger partial charge < -0.3 is 10.2 Å². The predicted octanol–water partition coefficient (Wildman–Crippen LogP) is 0.913. The lowest BCUT2D eigenvalue weighted by Crippen LogP contribution is -2.13. The van der Waals surface area contributed by atoms with Crippen LogP contribution in [0.4, 0.5) is 0 Å². The summed E-state index contributed by atoms with van der Waals surface area (Å²) in [6.07, 6.45) is 0. The molecule has 0 aliphatic carbocycles. The first kappa shape index (κ1) is 23.1. The molecule has 0 spiro atoms. The van der Waals surface area contributed by atoms with Gasteiger partial charge in [-0.15, -0.1) is 0 Å². The lowest BCUT2D eigenvalue weighted by Gasteiger charge is -1.84. The van der Waals surface area contributed by atoms with Crippen molar-refractivity contribution in [3.8, 4) is 0 Å². The highest BCUT2D eigenvalue weighted by Gasteiger charge is 1.67. The van der Waals surface area contributed by atoms with Gasteiger partial charge in [-0.3, -0.25) is 11.3 Å². The lowest BCUT2D eigenvalue weighted by molar-refractivity contribution is -0.114. The number of hydrazine groups is 1. The average Bonchev–Trinajstić information content (AvgIpc) is 1.86. The Morgan fingerprint density at radius 3 is 1.36 bits per heavy atom. The molecule has 5 nitrogen and oxygen atoms in total. The fraction of sp³-hybridized carbons (Fsp3) is 0.778. The third-order valence-corrected chi connectivity index (χ3v) is 0.335. The standard InChI is InChI=1S/C4H10N2.C3H6O.CH6N2.CH4/c1-4(2)6-5-3;1-3(2)4;1-3-2;/h5H,1-3H3;1-2H3;3H,2H2,1H3;1H4. The second kappa shape index (κ2) is 22.7. The van der Waals surface area contributed by atoms with Crippen LogP contribution in [0.25, 0.3) is 0 Å². The molecule has 0 radical (unpaired) electrons. The molecule has 0 aromatic carbocycles. The van der Waals surface area contributed by atoms with E-state index in [-0.39, 0.29) is 13.2 Å². The van der Waals surface area contributed by atoms with Crippen molar-refractivity contribution in [2.75, 3.05) is 14.1 Å². The molecule has 0 fully saturated rings. The van der Waals surface area contributed by atoms with Crippen LogP contribution in [0.1, 0.15) is 35.1 Å². The van der Waals surface area contributed by atoms with E-state index in [1.54, 1.807) is 14.1 Å². The van der Waals surface area contributed by atoms with E-state index in [9.17, 15) is 4.79 Å². The molecule has 0 atom stereocenters. The number of hydrogen-bond acceptors (Lipinski definition) is 5. The highest BCUT2D eigenvalue weighted by Crippen LogP contribution is 1.63. The van der Waals surface area contributed by atoms with Crippen LogP contribution in [0.15, 0.2) is 5.10 Å². The van der Waals surface area contributed by atoms with Gasteiger partial charge in [0.05, 0.1) is 0 Å². The van der Waals surface area contributed by atoms with Crippen molar-refractivity contribution in [2.45, 2.75) is 35.1 Å². The number of nitrogens with two attached hydrogens (primary N) is 1. The largest absolute Gasteiger partial charge is 0.313 e. The molecular weight excluding hydrogens is 180 g/mol. The molecule has 0 saturated heterocycles. The monoisotopic (exact) mass is 206 g/mol. The Morgan fingerprint density at radius 2 is 1.36 bits per heavy atom. The minimum atomic E-state index is 0. The van der Waals surface area contributed by atoms with Gasteiger partial charge in [-0.2, -0.15) is 5.10 Å². The van der Waals surface area contributed by atoms with Crippen molar-refractivity contribution in [1.82, 2.24) is 10.9 Å². The first-order valence-corrected chi connectivity index (χ1v) is 3.94. The highest BCUT2D eigenvalue weighted by molar-refractivity contribution is 5.78. The Balaban J connectivity index is -0.0000000553. The van der Waals surface area contributed by atoms with Gasteiger partial charge in [0.1, 0.15) is 5.78 Å². The normalized spacial score (nSPS) is 6.21. The van der Waals surface area contributed by atoms with E-state index in [2.05, 4.69) is 21.8 Å². The molecule has 0 aliphatic heterocycles. The van der Waals surface area contributed by atoms with E-state index in [1.165, 1.54) is 13.8 Å². The Labute approximate surface area is 88.1 Å². The van der Waals surface area contributed by atoms with Gasteiger partial charge in [0, 0.05) is 12.8 Å². The summed E-state index contributed by atoms with van der Waals surface area (Å²) in [7, 11) is 3.44. The second-order valence-corrected chi connectivity index (χ2v) is 2.48. The minimum absolute atomic E-state index is 0. The number of nitrogens with one attached hydrogen (secondary N) is 2. The third-order valence-electron chi connectivity index (χ3n) is 0.335. The van der Waals surface area contributed by atoms with Crippen LogP contribution in [0.3, 0.4) is 0 Å². The summed E-state index contributed by atoms with van der Waals surface area (Å²) in [6.45, 7) is 6.94. The van der Waals surface area contributed by atoms with Crippen molar-refractivity contribution in [3.05, 3.63) is 0 Å². The molecule has 0 aliphatic rings. The number of carbonyl (C=O) groups excluding carboxylic acids is 1. The van der Waals surface area contributed by atoms with Crippen LogP contribution in [0, 0.1) is 0 Å². The summed E-state index contributed by atoms with van der Waals surface area (Å²) in [5, 5.41) is 3.79. The Hall–Kier alpha value is -0.940. The molecule has 0 aromatic rings. The number of rotatable bonds is 1. The smallest absolute Gasteiger partial charge is 0.126 e. The van der Waals surface area contributed by atoms with Gasteiger partial charge in [-0.1, -0.05) is 7.43 Å². The quantitative estimate of drug-likeness (QED) is 0.338. The van der Waals surface area contributed by atoms with E-state index in [1.807, 2.05) is 13.8 Å². The van der Waals surface area contributed by atoms with Gasteiger partial charge in [0.25, 0.3) is 0 Å². The fourth-order valence-electron chi connectivity index (χ4n) is 0.224. The first-order chi connectivity index (χ1) is 5.92. The van der Waals surface area contributed by atoms with Gasteiger partial charge in [0.15, 0.2) is 0 Å². The van der Waals surface area contributed by atoms with Crippen LogP contribution < -0.4 is 16.7 Å². The molecule has 88 valence electrons. The number of hydrogen-bond donors (Lipinski definition) is 3. The molecule has 0 aromatic heterocycles. The Morgan fingerprint density at radius 1 is 1.14 bits per heavy atom. The van der Waals surface area contributed by atoms with Crippen molar-refractivity contribution >= 4 is 11.5 Å². The van der Waals surface area contributed by atoms with Gasteiger partial charge in [0.2, 0.25) is 0 Å². The molecule has 0 bridgehead atoms. The van der Waals surface area contributed by atoms with E-state index in [0.29, 0.717) is 0 Å². The molecule has 0 rings (SSSR count).